The molecular weight excluding hydrogens is 214 g/mol. The Morgan fingerprint density at radius 1 is 1.41 bits per heavy atom. The Hall–Kier alpha value is -1.06. The third kappa shape index (κ3) is 3.72. The van der Waals surface area contributed by atoms with Crippen molar-refractivity contribution in [3.05, 3.63) is 29.3 Å². The van der Waals surface area contributed by atoms with Crippen molar-refractivity contribution in [3.63, 3.8) is 0 Å². The number of likely N-dealkylation sites (N-methyl/N-ethyl adjacent to an activating group) is 1. The van der Waals surface area contributed by atoms with Crippen LogP contribution in [0, 0.1) is 6.92 Å². The van der Waals surface area contributed by atoms with Gasteiger partial charge in [0.1, 0.15) is 5.75 Å². The smallest absolute Gasteiger partial charge is 0.120 e. The molecule has 3 heteroatoms. The second kappa shape index (κ2) is 6.62. The van der Waals surface area contributed by atoms with Crippen molar-refractivity contribution >= 4 is 0 Å². The van der Waals surface area contributed by atoms with E-state index in [4.69, 9.17) is 4.74 Å². The Balaban J connectivity index is 2.81. The Kier molecular flexibility index (Phi) is 5.45. The van der Waals surface area contributed by atoms with E-state index >= 15 is 0 Å². The maximum absolute atomic E-state index is 9.97. The highest BCUT2D eigenvalue weighted by Crippen LogP contribution is 2.28. The second-order valence-electron chi connectivity index (χ2n) is 4.36. The number of benzene rings is 1. The minimum absolute atomic E-state index is 0.204. The molecule has 0 fully saturated rings. The van der Waals surface area contributed by atoms with E-state index in [0.717, 1.165) is 24.2 Å². The van der Waals surface area contributed by atoms with Crippen molar-refractivity contribution < 1.29 is 9.84 Å². The highest BCUT2D eigenvalue weighted by Gasteiger charge is 2.16. The van der Waals surface area contributed by atoms with Crippen LogP contribution in [0.15, 0.2) is 18.2 Å². The summed E-state index contributed by atoms with van der Waals surface area (Å²) in [4.78, 5) is 2.29. The van der Waals surface area contributed by atoms with Gasteiger partial charge in [-0.25, -0.2) is 0 Å². The van der Waals surface area contributed by atoms with Gasteiger partial charge in [0.2, 0.25) is 0 Å². The van der Waals surface area contributed by atoms with Gasteiger partial charge in [-0.2, -0.15) is 0 Å². The van der Waals surface area contributed by atoms with E-state index in [-0.39, 0.29) is 6.04 Å². The average Bonchev–Trinajstić information content (AvgIpc) is 2.29. The lowest BCUT2D eigenvalue weighted by Gasteiger charge is -2.28. The van der Waals surface area contributed by atoms with Gasteiger partial charge in [0.05, 0.1) is 6.61 Å². The summed E-state index contributed by atoms with van der Waals surface area (Å²) in [7, 11) is 1.71. The number of ether oxygens (including phenoxy) is 1. The van der Waals surface area contributed by atoms with E-state index in [0.29, 0.717) is 12.4 Å². The van der Waals surface area contributed by atoms with Gasteiger partial charge in [0, 0.05) is 25.3 Å². The fraction of sp³-hybridized carbons (Fsp3) is 0.571. The van der Waals surface area contributed by atoms with Crippen molar-refractivity contribution in [2.45, 2.75) is 26.8 Å². The minimum atomic E-state index is 0.204. The zero-order valence-corrected chi connectivity index (χ0v) is 11.2. The number of aryl methyl sites for hydroxylation is 1. The van der Waals surface area contributed by atoms with Crippen LogP contribution in [-0.2, 0) is 4.74 Å². The lowest BCUT2D eigenvalue weighted by Crippen LogP contribution is -2.30. The fourth-order valence-corrected chi connectivity index (χ4v) is 2.04. The first-order chi connectivity index (χ1) is 8.10. The molecule has 1 unspecified atom stereocenters. The number of aromatic hydroxyl groups is 1. The first kappa shape index (κ1) is 14.0. The molecule has 0 spiro atoms. The van der Waals surface area contributed by atoms with Crippen LogP contribution in [-0.4, -0.2) is 36.8 Å². The van der Waals surface area contributed by atoms with Crippen molar-refractivity contribution in [3.8, 4) is 5.75 Å². The number of hydrogen-bond acceptors (Lipinski definition) is 3. The highest BCUT2D eigenvalue weighted by atomic mass is 16.5. The molecule has 0 aliphatic heterocycles. The van der Waals surface area contributed by atoms with Gasteiger partial charge in [-0.15, -0.1) is 0 Å². The summed E-state index contributed by atoms with van der Waals surface area (Å²) in [5, 5.41) is 9.97. The summed E-state index contributed by atoms with van der Waals surface area (Å²) in [5.41, 5.74) is 2.06. The molecule has 0 saturated heterocycles. The van der Waals surface area contributed by atoms with Crippen LogP contribution in [0.4, 0.5) is 0 Å². The minimum Gasteiger partial charge on any atom is -0.508 e. The molecule has 0 aliphatic carbocycles. The topological polar surface area (TPSA) is 32.7 Å². The molecule has 1 aromatic rings. The Bertz CT molecular complexity index is 352. The van der Waals surface area contributed by atoms with E-state index < -0.39 is 0 Å². The van der Waals surface area contributed by atoms with Crippen LogP contribution >= 0.6 is 0 Å². The van der Waals surface area contributed by atoms with Gasteiger partial charge in [-0.1, -0.05) is 19.1 Å². The predicted molar refractivity (Wildman–Crippen MR) is 70.4 cm³/mol. The van der Waals surface area contributed by atoms with Crippen LogP contribution in [0.5, 0.6) is 5.75 Å². The molecule has 3 nitrogen and oxygen atoms in total. The largest absolute Gasteiger partial charge is 0.508 e. The molecule has 96 valence electrons. The van der Waals surface area contributed by atoms with Crippen molar-refractivity contribution in [2.24, 2.45) is 0 Å². The first-order valence-electron chi connectivity index (χ1n) is 6.12. The zero-order valence-electron chi connectivity index (χ0n) is 11.2. The normalized spacial score (nSPS) is 13.0. The van der Waals surface area contributed by atoms with E-state index in [1.165, 1.54) is 0 Å². The molecule has 0 bridgehead atoms. The van der Waals surface area contributed by atoms with Crippen molar-refractivity contribution in [2.75, 3.05) is 26.8 Å². The fourth-order valence-electron chi connectivity index (χ4n) is 2.04. The summed E-state index contributed by atoms with van der Waals surface area (Å²) in [6.07, 6.45) is 0. The number of methoxy groups -OCH3 is 1. The molecule has 0 saturated carbocycles. The maximum Gasteiger partial charge on any atom is 0.120 e. The lowest BCUT2D eigenvalue weighted by atomic mass is 10.0. The molecule has 1 aromatic carbocycles. The van der Waals surface area contributed by atoms with E-state index in [9.17, 15) is 5.11 Å². The van der Waals surface area contributed by atoms with Crippen LogP contribution < -0.4 is 0 Å². The molecule has 1 rings (SSSR count). The Morgan fingerprint density at radius 2 is 2.12 bits per heavy atom. The van der Waals surface area contributed by atoms with Crippen molar-refractivity contribution in [1.29, 1.82) is 0 Å². The molecule has 0 aromatic heterocycles. The van der Waals surface area contributed by atoms with Crippen molar-refractivity contribution in [1.82, 2.24) is 4.90 Å². The van der Waals surface area contributed by atoms with Crippen LogP contribution in [0.1, 0.15) is 31.0 Å². The predicted octanol–water partition coefficient (Wildman–Crippen LogP) is 2.73. The third-order valence-electron chi connectivity index (χ3n) is 3.17. The van der Waals surface area contributed by atoms with Crippen LogP contribution in [0.2, 0.25) is 0 Å². The number of rotatable bonds is 6. The van der Waals surface area contributed by atoms with Gasteiger partial charge >= 0.3 is 0 Å². The van der Waals surface area contributed by atoms with Gasteiger partial charge in [0.25, 0.3) is 0 Å². The molecule has 1 atom stereocenters. The molecule has 0 radical (unpaired) electrons. The second-order valence-corrected chi connectivity index (χ2v) is 4.36. The van der Waals surface area contributed by atoms with E-state index in [2.05, 4.69) is 18.7 Å². The summed E-state index contributed by atoms with van der Waals surface area (Å²) in [5.74, 6) is 0.383. The molecular formula is C14H23NO2. The maximum atomic E-state index is 9.97. The molecule has 0 aliphatic rings. The van der Waals surface area contributed by atoms with Crippen LogP contribution in [0.25, 0.3) is 0 Å². The highest BCUT2D eigenvalue weighted by molar-refractivity contribution is 5.37. The first-order valence-corrected chi connectivity index (χ1v) is 6.12. The molecule has 1 N–H and O–H groups in total. The average molecular weight is 237 g/mol. The van der Waals surface area contributed by atoms with Gasteiger partial charge in [0.15, 0.2) is 0 Å². The summed E-state index contributed by atoms with van der Waals surface area (Å²) >= 11 is 0. The summed E-state index contributed by atoms with van der Waals surface area (Å²) in [6, 6.07) is 6.06. The standard InChI is InChI=1S/C14H23NO2/c1-5-15(8-9-17-4)12(3)13-7-6-11(2)10-14(13)16/h6-7,10,12,16H,5,8-9H2,1-4H3. The van der Waals surface area contributed by atoms with Crippen LogP contribution in [0.3, 0.4) is 0 Å². The van der Waals surface area contributed by atoms with Gasteiger partial charge in [-0.3, -0.25) is 4.90 Å². The number of hydrogen-bond donors (Lipinski definition) is 1. The van der Waals surface area contributed by atoms with Gasteiger partial charge in [-0.05, 0) is 32.0 Å². The Labute approximate surface area is 104 Å². The number of nitrogens with zero attached hydrogens (tertiary/aromatic N) is 1. The number of phenolic OH excluding ortho intramolecular Hbond substituents is 1. The number of phenols is 1. The summed E-state index contributed by atoms with van der Waals surface area (Å²) in [6.45, 7) is 8.75. The quantitative estimate of drug-likeness (QED) is 0.825. The SMILES string of the molecule is CCN(CCOC)C(C)c1ccc(C)cc1O. The molecule has 0 heterocycles. The monoisotopic (exact) mass is 237 g/mol. The Morgan fingerprint density at radius 3 is 2.65 bits per heavy atom. The zero-order chi connectivity index (χ0) is 12.8. The lowest BCUT2D eigenvalue weighted by molar-refractivity contribution is 0.128. The molecule has 17 heavy (non-hydrogen) atoms. The van der Waals surface area contributed by atoms with Gasteiger partial charge < -0.3 is 9.84 Å². The van der Waals surface area contributed by atoms with E-state index in [1.54, 1.807) is 7.11 Å². The third-order valence-corrected chi connectivity index (χ3v) is 3.17. The molecule has 0 amide bonds. The summed E-state index contributed by atoms with van der Waals surface area (Å²) < 4.78 is 5.11. The van der Waals surface area contributed by atoms with E-state index in [1.807, 2.05) is 25.1 Å².